The van der Waals surface area contributed by atoms with Gasteiger partial charge in [0.2, 0.25) is 5.91 Å². The van der Waals surface area contributed by atoms with Gasteiger partial charge in [0.15, 0.2) is 0 Å². The summed E-state index contributed by atoms with van der Waals surface area (Å²) in [5.74, 6) is 0.197. The number of rotatable bonds is 3. The molecule has 1 aliphatic carbocycles. The molecule has 0 unspecified atom stereocenters. The van der Waals surface area contributed by atoms with Gasteiger partial charge < -0.3 is 14.7 Å². The first-order valence-electron chi connectivity index (χ1n) is 8.23. The van der Waals surface area contributed by atoms with Gasteiger partial charge in [0.1, 0.15) is 0 Å². The molecule has 0 radical (unpaired) electrons. The molecule has 3 rings (SSSR count). The smallest absolute Gasteiger partial charge is 0.227 e. The summed E-state index contributed by atoms with van der Waals surface area (Å²) in [6.07, 6.45) is 2.78. The predicted octanol–water partition coefficient (Wildman–Crippen LogP) is 1.49. The Bertz CT molecular complexity index is 593. The van der Waals surface area contributed by atoms with Crippen molar-refractivity contribution in [3.8, 4) is 6.07 Å². The average molecular weight is 314 g/mol. The van der Waals surface area contributed by atoms with Gasteiger partial charge in [0, 0.05) is 12.5 Å². The summed E-state index contributed by atoms with van der Waals surface area (Å²) >= 11 is 0. The topological polar surface area (TPSA) is 73.6 Å². The van der Waals surface area contributed by atoms with Gasteiger partial charge in [-0.3, -0.25) is 4.79 Å². The van der Waals surface area contributed by atoms with E-state index in [4.69, 9.17) is 10.00 Å². The number of ether oxygens (including phenoxy) is 1. The zero-order valence-electron chi connectivity index (χ0n) is 13.1. The highest BCUT2D eigenvalue weighted by atomic mass is 16.5. The largest absolute Gasteiger partial charge is 0.393 e. The first kappa shape index (κ1) is 16.0. The molecule has 1 aromatic rings. The number of hydrogen-bond acceptors (Lipinski definition) is 4. The molecule has 1 saturated carbocycles. The maximum absolute atomic E-state index is 12.7. The molecule has 3 atom stereocenters. The van der Waals surface area contributed by atoms with Crippen LogP contribution in [-0.4, -0.2) is 47.8 Å². The van der Waals surface area contributed by atoms with Crippen molar-refractivity contribution in [3.63, 3.8) is 0 Å². The molecule has 0 aromatic heterocycles. The van der Waals surface area contributed by atoms with Crippen molar-refractivity contribution in [2.45, 2.75) is 37.8 Å². The van der Waals surface area contributed by atoms with E-state index in [9.17, 15) is 9.90 Å². The highest BCUT2D eigenvalue weighted by molar-refractivity contribution is 5.79. The van der Waals surface area contributed by atoms with E-state index in [0.29, 0.717) is 31.7 Å². The molecule has 1 aliphatic heterocycles. The molecule has 1 amide bonds. The highest BCUT2D eigenvalue weighted by Gasteiger charge is 2.39. The molecule has 1 heterocycles. The van der Waals surface area contributed by atoms with Crippen LogP contribution in [0.2, 0.25) is 0 Å². The lowest BCUT2D eigenvalue weighted by Gasteiger charge is -2.40. The number of amides is 1. The van der Waals surface area contributed by atoms with Crippen molar-refractivity contribution in [2.24, 2.45) is 5.92 Å². The van der Waals surface area contributed by atoms with Gasteiger partial charge in [0.05, 0.1) is 43.4 Å². The van der Waals surface area contributed by atoms with E-state index in [1.165, 1.54) is 0 Å². The summed E-state index contributed by atoms with van der Waals surface area (Å²) in [7, 11) is 0. The zero-order chi connectivity index (χ0) is 16.2. The van der Waals surface area contributed by atoms with E-state index < -0.39 is 0 Å². The second-order valence-corrected chi connectivity index (χ2v) is 6.38. The van der Waals surface area contributed by atoms with Crippen molar-refractivity contribution in [1.29, 1.82) is 5.26 Å². The van der Waals surface area contributed by atoms with Crippen LogP contribution in [0.25, 0.3) is 0 Å². The second kappa shape index (κ2) is 7.12. The molecule has 2 aliphatic rings. The van der Waals surface area contributed by atoms with Gasteiger partial charge in [-0.1, -0.05) is 18.6 Å². The average Bonchev–Trinajstić information content (AvgIpc) is 3.01. The minimum absolute atomic E-state index is 0.0212. The fraction of sp³-hybridized carbons (Fsp3) is 0.556. The van der Waals surface area contributed by atoms with E-state index in [-0.39, 0.29) is 24.0 Å². The predicted molar refractivity (Wildman–Crippen MR) is 84.5 cm³/mol. The Hall–Kier alpha value is -1.90. The van der Waals surface area contributed by atoms with Crippen molar-refractivity contribution in [2.75, 3.05) is 19.8 Å². The van der Waals surface area contributed by atoms with E-state index in [1.807, 2.05) is 17.0 Å². The second-order valence-electron chi connectivity index (χ2n) is 6.38. The zero-order valence-corrected chi connectivity index (χ0v) is 13.1. The van der Waals surface area contributed by atoms with Crippen LogP contribution in [0.1, 0.15) is 30.4 Å². The molecule has 23 heavy (non-hydrogen) atoms. The maximum Gasteiger partial charge on any atom is 0.227 e. The van der Waals surface area contributed by atoms with Gasteiger partial charge in [-0.2, -0.15) is 5.26 Å². The molecule has 0 spiro atoms. The molecule has 1 saturated heterocycles. The van der Waals surface area contributed by atoms with E-state index in [0.717, 1.165) is 24.8 Å². The summed E-state index contributed by atoms with van der Waals surface area (Å²) in [5.41, 5.74) is 1.51. The molecule has 1 aromatic carbocycles. The number of nitrogens with zero attached hydrogens (tertiary/aromatic N) is 2. The first-order chi connectivity index (χ1) is 11.2. The minimum atomic E-state index is -0.327. The SMILES string of the molecule is N#Cc1ccc(CC(=O)N2CCOC[C@@H]2[C@@H]2CCC[C@H]2O)cc1. The lowest BCUT2D eigenvalue weighted by molar-refractivity contribution is -0.143. The Morgan fingerprint density at radius 3 is 2.78 bits per heavy atom. The van der Waals surface area contributed by atoms with E-state index in [1.54, 1.807) is 12.1 Å². The van der Waals surface area contributed by atoms with Crippen LogP contribution in [0.15, 0.2) is 24.3 Å². The third-order valence-corrected chi connectivity index (χ3v) is 4.95. The van der Waals surface area contributed by atoms with Gasteiger partial charge >= 0.3 is 0 Å². The Kier molecular flexibility index (Phi) is 4.94. The lowest BCUT2D eigenvalue weighted by atomic mass is 9.93. The number of nitriles is 1. The molecule has 0 bridgehead atoms. The van der Waals surface area contributed by atoms with E-state index in [2.05, 4.69) is 6.07 Å². The molecule has 1 N–H and O–H groups in total. The third-order valence-electron chi connectivity index (χ3n) is 4.95. The van der Waals surface area contributed by atoms with E-state index >= 15 is 0 Å². The fourth-order valence-corrected chi connectivity index (χ4v) is 3.68. The van der Waals surface area contributed by atoms with Crippen molar-refractivity contribution in [1.82, 2.24) is 4.90 Å². The van der Waals surface area contributed by atoms with Gasteiger partial charge in [-0.15, -0.1) is 0 Å². The van der Waals surface area contributed by atoms with Crippen molar-refractivity contribution in [3.05, 3.63) is 35.4 Å². The molecule has 122 valence electrons. The van der Waals surface area contributed by atoms with Crippen molar-refractivity contribution < 1.29 is 14.6 Å². The molecule has 5 heteroatoms. The Labute approximate surface area is 136 Å². The Morgan fingerprint density at radius 2 is 2.13 bits per heavy atom. The number of carbonyl (C=O) groups is 1. The van der Waals surface area contributed by atoms with Crippen LogP contribution in [0.3, 0.4) is 0 Å². The number of hydrogen-bond donors (Lipinski definition) is 1. The molecular formula is C18H22N2O3. The number of benzene rings is 1. The summed E-state index contributed by atoms with van der Waals surface area (Å²) in [5, 5.41) is 19.0. The maximum atomic E-state index is 12.7. The third kappa shape index (κ3) is 3.54. The number of aliphatic hydroxyl groups is 1. The molecular weight excluding hydrogens is 292 g/mol. The number of morpholine rings is 1. The minimum Gasteiger partial charge on any atom is -0.393 e. The van der Waals surface area contributed by atoms with Gasteiger partial charge in [-0.25, -0.2) is 0 Å². The standard InChI is InChI=1S/C18H22N2O3/c19-11-14-6-4-13(5-7-14)10-18(22)20-8-9-23-12-16(20)15-2-1-3-17(15)21/h4-7,15-17,21H,1-3,8-10,12H2/t15-,16+,17+/m0/s1. The normalized spacial score (nSPS) is 27.7. The Balaban J connectivity index is 1.69. The summed E-state index contributed by atoms with van der Waals surface area (Å²) < 4.78 is 5.56. The van der Waals surface area contributed by atoms with Gasteiger partial charge in [-0.05, 0) is 30.5 Å². The van der Waals surface area contributed by atoms with Crippen LogP contribution in [0.5, 0.6) is 0 Å². The lowest BCUT2D eigenvalue weighted by Crippen LogP contribution is -2.54. The number of carbonyl (C=O) groups excluding carboxylic acids is 1. The van der Waals surface area contributed by atoms with Crippen LogP contribution < -0.4 is 0 Å². The van der Waals surface area contributed by atoms with Crippen LogP contribution in [-0.2, 0) is 16.0 Å². The summed E-state index contributed by atoms with van der Waals surface area (Å²) in [4.78, 5) is 14.6. The van der Waals surface area contributed by atoms with Crippen molar-refractivity contribution >= 4 is 5.91 Å². The van der Waals surface area contributed by atoms with Crippen LogP contribution in [0, 0.1) is 17.2 Å². The van der Waals surface area contributed by atoms with Gasteiger partial charge in [0.25, 0.3) is 0 Å². The van der Waals surface area contributed by atoms with Crippen LogP contribution >= 0.6 is 0 Å². The Morgan fingerprint density at radius 1 is 1.35 bits per heavy atom. The fourth-order valence-electron chi connectivity index (χ4n) is 3.68. The molecule has 5 nitrogen and oxygen atoms in total. The quantitative estimate of drug-likeness (QED) is 0.917. The number of aliphatic hydroxyl groups excluding tert-OH is 1. The summed E-state index contributed by atoms with van der Waals surface area (Å²) in [6, 6.07) is 9.19. The summed E-state index contributed by atoms with van der Waals surface area (Å²) in [6.45, 7) is 1.66. The highest BCUT2D eigenvalue weighted by Crippen LogP contribution is 2.32. The first-order valence-corrected chi connectivity index (χ1v) is 8.23. The molecule has 2 fully saturated rings. The monoisotopic (exact) mass is 314 g/mol. The van der Waals surface area contributed by atoms with Crippen LogP contribution in [0.4, 0.5) is 0 Å².